The maximum Gasteiger partial charge on any atom is 0.118 e. The largest absolute Gasteiger partial charge is 0.497 e. The van der Waals surface area contributed by atoms with Gasteiger partial charge in [0.05, 0.1) is 19.6 Å². The Balaban J connectivity index is 0.000000385. The molecule has 1 rings (SSSR count). The van der Waals surface area contributed by atoms with Gasteiger partial charge in [-0.3, -0.25) is 0 Å². The van der Waals surface area contributed by atoms with Crippen molar-refractivity contribution in [2.75, 3.05) is 7.11 Å². The first-order valence-corrected chi connectivity index (χ1v) is 4.83. The normalized spacial score (nSPS) is 8.12. The molecule has 0 atom stereocenters. The Morgan fingerprint density at radius 2 is 1.62 bits per heavy atom. The number of ether oxygens (including phenoxy) is 2. The molecule has 86 valence electrons. The fraction of sp³-hybridized carbons (Fsp3) is 0.143. The molecule has 1 aromatic carbocycles. The van der Waals surface area contributed by atoms with Crippen LogP contribution >= 0.6 is 0 Å². The summed E-state index contributed by atoms with van der Waals surface area (Å²) in [4.78, 5) is 0. The molecule has 0 radical (unpaired) electrons. The maximum absolute atomic E-state index is 4.98. The SMILES string of the molecule is C=C(OC)c1ccc(C)cc1.C=COC=C. The molecule has 0 amide bonds. The highest BCUT2D eigenvalue weighted by Gasteiger charge is 1.94. The molecule has 0 N–H and O–H groups in total. The molecule has 0 heterocycles. The van der Waals surface area contributed by atoms with Crippen LogP contribution in [0, 0.1) is 6.92 Å². The van der Waals surface area contributed by atoms with Crippen molar-refractivity contribution in [1.82, 2.24) is 0 Å². The van der Waals surface area contributed by atoms with Gasteiger partial charge in [-0.05, 0) is 6.92 Å². The third-order valence-electron chi connectivity index (χ3n) is 1.81. The Morgan fingerprint density at radius 3 is 1.94 bits per heavy atom. The summed E-state index contributed by atoms with van der Waals surface area (Å²) in [5.74, 6) is 0.713. The summed E-state index contributed by atoms with van der Waals surface area (Å²) in [5.41, 5.74) is 2.29. The van der Waals surface area contributed by atoms with E-state index in [4.69, 9.17) is 4.74 Å². The first-order valence-electron chi connectivity index (χ1n) is 4.83. The molecule has 0 aromatic heterocycles. The van der Waals surface area contributed by atoms with Crippen molar-refractivity contribution in [3.8, 4) is 0 Å². The lowest BCUT2D eigenvalue weighted by molar-refractivity contribution is 0.371. The third-order valence-corrected chi connectivity index (χ3v) is 1.81. The van der Waals surface area contributed by atoms with E-state index >= 15 is 0 Å². The zero-order valence-electron chi connectivity index (χ0n) is 9.90. The van der Waals surface area contributed by atoms with Crippen molar-refractivity contribution in [3.05, 3.63) is 67.7 Å². The summed E-state index contributed by atoms with van der Waals surface area (Å²) in [5, 5.41) is 0. The average molecular weight is 218 g/mol. The van der Waals surface area contributed by atoms with Gasteiger partial charge in [-0.2, -0.15) is 0 Å². The van der Waals surface area contributed by atoms with Crippen LogP contribution in [0.5, 0.6) is 0 Å². The van der Waals surface area contributed by atoms with Gasteiger partial charge in [-0.15, -0.1) is 0 Å². The molecule has 0 saturated heterocycles. The highest BCUT2D eigenvalue weighted by molar-refractivity contribution is 5.57. The van der Waals surface area contributed by atoms with Crippen LogP contribution in [0.2, 0.25) is 0 Å². The van der Waals surface area contributed by atoms with E-state index in [0.717, 1.165) is 5.56 Å². The highest BCUT2D eigenvalue weighted by Crippen LogP contribution is 2.12. The lowest BCUT2D eigenvalue weighted by Crippen LogP contribution is -1.84. The zero-order chi connectivity index (χ0) is 12.4. The number of hydrogen-bond donors (Lipinski definition) is 0. The Kier molecular flexibility index (Phi) is 7.33. The fourth-order valence-corrected chi connectivity index (χ4v) is 0.925. The first-order chi connectivity index (χ1) is 7.65. The van der Waals surface area contributed by atoms with E-state index in [-0.39, 0.29) is 0 Å². The quantitative estimate of drug-likeness (QED) is 0.713. The molecule has 0 fully saturated rings. The van der Waals surface area contributed by atoms with Crippen LogP contribution in [0.15, 0.2) is 56.5 Å². The average Bonchev–Trinajstić information content (AvgIpc) is 2.31. The molecule has 0 aliphatic carbocycles. The van der Waals surface area contributed by atoms with E-state index < -0.39 is 0 Å². The molecular formula is C14H18O2. The Labute approximate surface area is 97.5 Å². The van der Waals surface area contributed by atoms with Crippen LogP contribution in [0.3, 0.4) is 0 Å². The minimum Gasteiger partial charge on any atom is -0.497 e. The number of methoxy groups -OCH3 is 1. The number of benzene rings is 1. The molecular weight excluding hydrogens is 200 g/mol. The van der Waals surface area contributed by atoms with Gasteiger partial charge in [0.15, 0.2) is 0 Å². The Morgan fingerprint density at radius 1 is 1.12 bits per heavy atom. The van der Waals surface area contributed by atoms with Gasteiger partial charge in [0.2, 0.25) is 0 Å². The van der Waals surface area contributed by atoms with Crippen molar-refractivity contribution in [2.45, 2.75) is 6.92 Å². The van der Waals surface area contributed by atoms with Crippen molar-refractivity contribution < 1.29 is 9.47 Å². The van der Waals surface area contributed by atoms with Gasteiger partial charge >= 0.3 is 0 Å². The summed E-state index contributed by atoms with van der Waals surface area (Å²) >= 11 is 0. The lowest BCUT2D eigenvalue weighted by Gasteiger charge is -2.03. The molecule has 2 heteroatoms. The van der Waals surface area contributed by atoms with Gasteiger partial charge in [-0.25, -0.2) is 0 Å². The van der Waals surface area contributed by atoms with E-state index in [2.05, 4.69) is 31.4 Å². The van der Waals surface area contributed by atoms with Gasteiger partial charge in [0.25, 0.3) is 0 Å². The highest BCUT2D eigenvalue weighted by atomic mass is 16.5. The minimum atomic E-state index is 0.713. The molecule has 0 aliphatic rings. The van der Waals surface area contributed by atoms with Crippen LogP contribution in [0.1, 0.15) is 11.1 Å². The van der Waals surface area contributed by atoms with E-state index in [0.29, 0.717) is 5.76 Å². The predicted molar refractivity (Wildman–Crippen MR) is 68.7 cm³/mol. The van der Waals surface area contributed by atoms with E-state index in [1.807, 2.05) is 24.3 Å². The first kappa shape index (κ1) is 14.0. The van der Waals surface area contributed by atoms with Crippen molar-refractivity contribution in [1.29, 1.82) is 0 Å². The van der Waals surface area contributed by atoms with Crippen molar-refractivity contribution in [2.24, 2.45) is 0 Å². The van der Waals surface area contributed by atoms with Crippen LogP contribution in [0.4, 0.5) is 0 Å². The summed E-state index contributed by atoms with van der Waals surface area (Å²) < 4.78 is 9.34. The monoisotopic (exact) mass is 218 g/mol. The molecule has 0 bridgehead atoms. The lowest BCUT2D eigenvalue weighted by atomic mass is 10.1. The molecule has 2 nitrogen and oxygen atoms in total. The van der Waals surface area contributed by atoms with Crippen molar-refractivity contribution >= 4 is 5.76 Å². The van der Waals surface area contributed by atoms with Gasteiger partial charge in [0.1, 0.15) is 5.76 Å². The van der Waals surface area contributed by atoms with E-state index in [1.165, 1.54) is 18.1 Å². The van der Waals surface area contributed by atoms with Crippen LogP contribution < -0.4 is 0 Å². The predicted octanol–water partition coefficient (Wildman–Crippen LogP) is 3.90. The van der Waals surface area contributed by atoms with Crippen LogP contribution in [-0.2, 0) is 9.47 Å². The van der Waals surface area contributed by atoms with Crippen molar-refractivity contribution in [3.63, 3.8) is 0 Å². The van der Waals surface area contributed by atoms with E-state index in [9.17, 15) is 0 Å². The van der Waals surface area contributed by atoms with Crippen LogP contribution in [0.25, 0.3) is 5.76 Å². The van der Waals surface area contributed by atoms with E-state index in [1.54, 1.807) is 7.11 Å². The Bertz CT molecular complexity index is 330. The third kappa shape index (κ3) is 5.70. The Hall–Kier alpha value is -1.96. The summed E-state index contributed by atoms with van der Waals surface area (Å²) in [6.07, 6.45) is 2.62. The molecule has 1 aromatic rings. The zero-order valence-corrected chi connectivity index (χ0v) is 9.90. The summed E-state index contributed by atoms with van der Waals surface area (Å²) in [6.45, 7) is 12.3. The number of rotatable bonds is 4. The minimum absolute atomic E-state index is 0.713. The molecule has 0 saturated carbocycles. The number of hydrogen-bond acceptors (Lipinski definition) is 2. The topological polar surface area (TPSA) is 18.5 Å². The standard InChI is InChI=1S/C10H12O.C4H6O/c1-8-4-6-10(7-5-8)9(2)11-3;1-3-5-4-2/h4-7H,2H2,1,3H3;3-4H,1-2H2. The molecule has 16 heavy (non-hydrogen) atoms. The summed E-state index contributed by atoms with van der Waals surface area (Å²) in [6, 6.07) is 8.08. The number of aryl methyl sites for hydroxylation is 1. The maximum atomic E-state index is 4.98. The smallest absolute Gasteiger partial charge is 0.118 e. The molecule has 0 spiro atoms. The van der Waals surface area contributed by atoms with Gasteiger partial charge in [0, 0.05) is 5.56 Å². The second-order valence-corrected chi connectivity index (χ2v) is 2.96. The molecule has 0 unspecified atom stereocenters. The van der Waals surface area contributed by atoms with Crippen LogP contribution in [-0.4, -0.2) is 7.11 Å². The molecule has 0 aliphatic heterocycles. The van der Waals surface area contributed by atoms with Gasteiger partial charge < -0.3 is 9.47 Å². The second-order valence-electron chi connectivity index (χ2n) is 2.96. The second kappa shape index (κ2) is 8.36. The summed E-state index contributed by atoms with van der Waals surface area (Å²) in [7, 11) is 1.63. The van der Waals surface area contributed by atoms with Gasteiger partial charge in [-0.1, -0.05) is 49.6 Å². The fourth-order valence-electron chi connectivity index (χ4n) is 0.925.